The average Bonchev–Trinajstić information content (AvgIpc) is 2.81. The number of thiocarbonyl (C=S) groups is 1. The molecule has 7 nitrogen and oxygen atoms in total. The van der Waals surface area contributed by atoms with Crippen LogP contribution in [0.5, 0.6) is 0 Å². The van der Waals surface area contributed by atoms with Gasteiger partial charge in [-0.1, -0.05) is 35.9 Å². The molecule has 35 heavy (non-hydrogen) atoms. The maximum Gasteiger partial charge on any atom is 0.229 e. The van der Waals surface area contributed by atoms with Gasteiger partial charge in [-0.15, -0.1) is 0 Å². The van der Waals surface area contributed by atoms with E-state index in [1.54, 1.807) is 0 Å². The molecule has 0 bridgehead atoms. The molecule has 1 aliphatic rings. The summed E-state index contributed by atoms with van der Waals surface area (Å²) in [6.07, 6.45) is 0. The van der Waals surface area contributed by atoms with Crippen molar-refractivity contribution in [3.8, 4) is 0 Å². The minimum atomic E-state index is 0.374. The highest BCUT2D eigenvalue weighted by Gasteiger charge is 2.22. The quantitative estimate of drug-likeness (QED) is 0.281. The third-order valence-corrected chi connectivity index (χ3v) is 6.32. The normalized spacial score (nSPS) is 14.1. The first-order valence-corrected chi connectivity index (χ1v) is 12.4. The second kappa shape index (κ2) is 11.0. The number of piperazine rings is 1. The monoisotopic (exact) mass is 507 g/mol. The Morgan fingerprint density at radius 1 is 0.886 bits per heavy atom. The summed E-state index contributed by atoms with van der Waals surface area (Å²) in [7, 11) is 0. The average molecular weight is 508 g/mol. The molecule has 0 amide bonds. The first-order chi connectivity index (χ1) is 16.8. The zero-order valence-electron chi connectivity index (χ0n) is 20.5. The van der Waals surface area contributed by atoms with Crippen molar-refractivity contribution in [2.45, 2.75) is 27.7 Å². The lowest BCUT2D eigenvalue weighted by Gasteiger charge is -2.38. The summed E-state index contributed by atoms with van der Waals surface area (Å²) >= 11 is 11.9. The zero-order valence-corrected chi connectivity index (χ0v) is 22.0. The molecule has 0 radical (unpaired) electrons. The van der Waals surface area contributed by atoms with Crippen LogP contribution >= 0.6 is 23.8 Å². The third kappa shape index (κ3) is 6.46. The number of nitrogens with one attached hydrogen (secondary N) is 2. The van der Waals surface area contributed by atoms with Crippen molar-refractivity contribution in [1.29, 1.82) is 0 Å². The van der Waals surface area contributed by atoms with Crippen LogP contribution < -0.4 is 15.5 Å². The highest BCUT2D eigenvalue weighted by Crippen LogP contribution is 2.25. The third-order valence-electron chi connectivity index (χ3n) is 5.89. The zero-order chi connectivity index (χ0) is 24.9. The minimum Gasteiger partial charge on any atom is -0.368 e. The van der Waals surface area contributed by atoms with Crippen LogP contribution in [0, 0.1) is 27.7 Å². The van der Waals surface area contributed by atoms with Gasteiger partial charge in [0.15, 0.2) is 0 Å². The first kappa shape index (κ1) is 24.9. The number of benzene rings is 2. The van der Waals surface area contributed by atoms with E-state index in [9.17, 15) is 0 Å². The lowest BCUT2D eigenvalue weighted by molar-refractivity contribution is 0.385. The molecule has 4 rings (SSSR count). The fourth-order valence-corrected chi connectivity index (χ4v) is 4.46. The molecule has 0 aliphatic carbocycles. The Balaban J connectivity index is 1.55. The summed E-state index contributed by atoms with van der Waals surface area (Å²) < 4.78 is 0. The number of para-hydroxylation sites is 1. The molecular weight excluding hydrogens is 478 g/mol. The van der Waals surface area contributed by atoms with E-state index in [4.69, 9.17) is 28.8 Å². The largest absolute Gasteiger partial charge is 0.368 e. The van der Waals surface area contributed by atoms with Crippen molar-refractivity contribution in [2.75, 3.05) is 41.7 Å². The SMILES string of the molecule is Cc1cc(C)nc(N/C(=N/C(=S)Nc2ccccc2C)N2CCN(c3cc(Cl)ccc3C)CC2)n1. The molecule has 1 fully saturated rings. The number of nitrogens with zero attached hydrogens (tertiary/aromatic N) is 5. The molecular formula is C26H30ClN7S. The Kier molecular flexibility index (Phi) is 7.83. The van der Waals surface area contributed by atoms with E-state index < -0.39 is 0 Å². The number of aliphatic imine (C=N–C) groups is 1. The summed E-state index contributed by atoms with van der Waals surface area (Å²) in [5, 5.41) is 7.69. The van der Waals surface area contributed by atoms with Crippen LogP contribution in [0.25, 0.3) is 0 Å². The van der Waals surface area contributed by atoms with Crippen LogP contribution in [-0.2, 0) is 0 Å². The van der Waals surface area contributed by atoms with Gasteiger partial charge in [-0.2, -0.15) is 4.99 Å². The number of guanidine groups is 1. The highest BCUT2D eigenvalue weighted by molar-refractivity contribution is 7.80. The molecule has 1 aromatic heterocycles. The number of anilines is 3. The number of rotatable bonds is 3. The van der Waals surface area contributed by atoms with Crippen molar-refractivity contribution < 1.29 is 0 Å². The van der Waals surface area contributed by atoms with E-state index in [1.807, 2.05) is 63.2 Å². The van der Waals surface area contributed by atoms with Crippen LogP contribution in [0.1, 0.15) is 22.5 Å². The molecule has 3 aromatic rings. The van der Waals surface area contributed by atoms with Crippen molar-refractivity contribution in [3.05, 3.63) is 76.1 Å². The van der Waals surface area contributed by atoms with Gasteiger partial charge in [0, 0.05) is 54.0 Å². The minimum absolute atomic E-state index is 0.374. The Hall–Kier alpha value is -3.23. The van der Waals surface area contributed by atoms with Crippen molar-refractivity contribution >= 4 is 52.2 Å². The Bertz CT molecular complexity index is 1230. The molecule has 0 unspecified atom stereocenters. The van der Waals surface area contributed by atoms with E-state index in [-0.39, 0.29) is 0 Å². The number of hydrogen-bond donors (Lipinski definition) is 2. The maximum absolute atomic E-state index is 6.26. The summed E-state index contributed by atoms with van der Waals surface area (Å²) in [6, 6.07) is 16.0. The molecule has 2 heterocycles. The van der Waals surface area contributed by atoms with Crippen LogP contribution in [0.3, 0.4) is 0 Å². The molecule has 1 aliphatic heterocycles. The van der Waals surface area contributed by atoms with Gasteiger partial charge in [0.25, 0.3) is 0 Å². The van der Waals surface area contributed by atoms with Gasteiger partial charge in [-0.3, -0.25) is 5.32 Å². The Morgan fingerprint density at radius 3 is 2.26 bits per heavy atom. The van der Waals surface area contributed by atoms with E-state index in [1.165, 1.54) is 5.56 Å². The fourth-order valence-electron chi connectivity index (χ4n) is 4.09. The summed E-state index contributed by atoms with van der Waals surface area (Å²) in [5.74, 6) is 1.14. The molecule has 0 saturated carbocycles. The van der Waals surface area contributed by atoms with Gasteiger partial charge in [-0.25, -0.2) is 9.97 Å². The van der Waals surface area contributed by atoms with E-state index >= 15 is 0 Å². The predicted octanol–water partition coefficient (Wildman–Crippen LogP) is 5.35. The van der Waals surface area contributed by atoms with Crippen LogP contribution in [-0.4, -0.2) is 52.1 Å². The molecule has 1 saturated heterocycles. The molecule has 0 spiro atoms. The van der Waals surface area contributed by atoms with Gasteiger partial charge in [0.1, 0.15) is 0 Å². The van der Waals surface area contributed by atoms with Crippen LogP contribution in [0.15, 0.2) is 53.5 Å². The fraction of sp³-hybridized carbons (Fsp3) is 0.308. The molecule has 0 atom stereocenters. The lowest BCUT2D eigenvalue weighted by Crippen LogP contribution is -2.51. The Morgan fingerprint density at radius 2 is 1.57 bits per heavy atom. The van der Waals surface area contributed by atoms with Gasteiger partial charge in [0.2, 0.25) is 17.0 Å². The molecule has 9 heteroatoms. The number of hydrogen-bond acceptors (Lipinski definition) is 4. The van der Waals surface area contributed by atoms with Crippen molar-refractivity contribution in [3.63, 3.8) is 0 Å². The second-order valence-electron chi connectivity index (χ2n) is 8.68. The van der Waals surface area contributed by atoms with Crippen molar-refractivity contribution in [2.24, 2.45) is 4.99 Å². The molecule has 2 aromatic carbocycles. The summed E-state index contributed by atoms with van der Waals surface area (Å²) in [6.45, 7) is 11.2. The van der Waals surface area contributed by atoms with E-state index in [2.05, 4.69) is 43.4 Å². The van der Waals surface area contributed by atoms with Gasteiger partial charge in [0.05, 0.1) is 0 Å². The first-order valence-electron chi connectivity index (χ1n) is 11.6. The van der Waals surface area contributed by atoms with Crippen LogP contribution in [0.2, 0.25) is 5.02 Å². The number of aromatic nitrogens is 2. The molecule has 2 N–H and O–H groups in total. The van der Waals surface area contributed by atoms with Crippen LogP contribution in [0.4, 0.5) is 17.3 Å². The lowest BCUT2D eigenvalue weighted by atomic mass is 10.1. The smallest absolute Gasteiger partial charge is 0.229 e. The Labute approximate surface area is 217 Å². The van der Waals surface area contributed by atoms with Gasteiger partial charge >= 0.3 is 0 Å². The summed E-state index contributed by atoms with van der Waals surface area (Å²) in [4.78, 5) is 18.4. The number of halogens is 1. The maximum atomic E-state index is 6.26. The standard InChI is InChI=1S/C26H30ClN7S/c1-17-7-5-6-8-22(17)30-26(35)32-25(31-24-28-19(3)15-20(4)29-24)34-13-11-33(12-14-34)23-16-21(27)10-9-18(23)2/h5-10,15-16H,11-14H2,1-4H3,(H2,28,29,30,31,32,35). The predicted molar refractivity (Wildman–Crippen MR) is 150 cm³/mol. The highest BCUT2D eigenvalue weighted by atomic mass is 35.5. The summed E-state index contributed by atoms with van der Waals surface area (Å²) in [5.41, 5.74) is 6.19. The van der Waals surface area contributed by atoms with Gasteiger partial charge < -0.3 is 15.1 Å². The van der Waals surface area contributed by atoms with Crippen molar-refractivity contribution in [1.82, 2.24) is 14.9 Å². The van der Waals surface area contributed by atoms with E-state index in [0.29, 0.717) is 17.0 Å². The molecule has 182 valence electrons. The van der Waals surface area contributed by atoms with Gasteiger partial charge in [-0.05, 0) is 75.3 Å². The second-order valence-corrected chi connectivity index (χ2v) is 9.51. The topological polar surface area (TPSA) is 68.7 Å². The van der Waals surface area contributed by atoms with E-state index in [0.717, 1.165) is 59.5 Å². The number of aryl methyl sites for hydroxylation is 4.